The number of nitrogens with one attached hydrogen (secondary N) is 1. The van der Waals surface area contributed by atoms with Gasteiger partial charge in [-0.25, -0.2) is 9.18 Å². The third kappa shape index (κ3) is 2.94. The van der Waals surface area contributed by atoms with Crippen LogP contribution < -0.4 is 5.32 Å². The summed E-state index contributed by atoms with van der Waals surface area (Å²) >= 11 is 0. The van der Waals surface area contributed by atoms with Crippen molar-refractivity contribution in [1.82, 2.24) is 0 Å². The zero-order valence-electron chi connectivity index (χ0n) is 8.97. The fraction of sp³-hybridized carbons (Fsp3) is 0.364. The van der Waals surface area contributed by atoms with Crippen molar-refractivity contribution in [2.45, 2.75) is 26.3 Å². The van der Waals surface area contributed by atoms with E-state index in [2.05, 4.69) is 5.32 Å². The molecule has 0 atom stereocenters. The van der Waals surface area contributed by atoms with Crippen molar-refractivity contribution >= 4 is 11.7 Å². The molecule has 82 valence electrons. The first kappa shape index (κ1) is 11.5. The van der Waals surface area contributed by atoms with Gasteiger partial charge in [-0.2, -0.15) is 0 Å². The van der Waals surface area contributed by atoms with Gasteiger partial charge in [0.05, 0.1) is 5.69 Å². The van der Waals surface area contributed by atoms with Crippen LogP contribution in [0.3, 0.4) is 0 Å². The summed E-state index contributed by atoms with van der Waals surface area (Å²) in [5, 5.41) is 11.8. The second-order valence-electron chi connectivity index (χ2n) is 4.34. The van der Waals surface area contributed by atoms with Gasteiger partial charge in [0.25, 0.3) is 0 Å². The van der Waals surface area contributed by atoms with Crippen LogP contribution >= 0.6 is 0 Å². The molecule has 0 aliphatic heterocycles. The molecular weight excluding hydrogens is 197 g/mol. The summed E-state index contributed by atoms with van der Waals surface area (Å²) in [4.78, 5) is 10.8. The minimum absolute atomic E-state index is 0.301. The van der Waals surface area contributed by atoms with Crippen molar-refractivity contribution in [1.29, 1.82) is 0 Å². The molecule has 0 saturated carbocycles. The molecule has 4 heteroatoms. The maximum absolute atomic E-state index is 13.3. The number of hydrogen-bond donors (Lipinski definition) is 2. The summed E-state index contributed by atoms with van der Waals surface area (Å²) in [6.45, 7) is 5.64. The Morgan fingerprint density at radius 2 is 2.00 bits per heavy atom. The predicted molar refractivity (Wildman–Crippen MR) is 56.7 cm³/mol. The van der Waals surface area contributed by atoms with E-state index in [0.717, 1.165) is 6.07 Å². The van der Waals surface area contributed by atoms with Gasteiger partial charge in [0.15, 0.2) is 0 Å². The molecule has 0 aliphatic rings. The minimum atomic E-state index is -1.26. The molecule has 2 N–H and O–H groups in total. The molecule has 0 radical (unpaired) electrons. The maximum Gasteiger partial charge on any atom is 0.340 e. The third-order valence-electron chi connectivity index (χ3n) is 1.74. The first-order valence-corrected chi connectivity index (χ1v) is 4.61. The van der Waals surface area contributed by atoms with Crippen LogP contribution in [-0.4, -0.2) is 16.6 Å². The summed E-state index contributed by atoms with van der Waals surface area (Å²) in [5.74, 6) is -1.99. The molecule has 1 rings (SSSR count). The van der Waals surface area contributed by atoms with E-state index in [1.54, 1.807) is 6.07 Å². The standard InChI is InChI=1S/C11H14FNO2/c1-11(2,3)13-8-6-4-5-7(12)9(8)10(14)15/h4-6,13H,1-3H3,(H,14,15). The first-order chi connectivity index (χ1) is 6.81. The van der Waals surface area contributed by atoms with Crippen molar-refractivity contribution in [3.05, 3.63) is 29.6 Å². The molecule has 0 fully saturated rings. The molecule has 3 nitrogen and oxygen atoms in total. The lowest BCUT2D eigenvalue weighted by Crippen LogP contribution is -2.27. The van der Waals surface area contributed by atoms with Gasteiger partial charge >= 0.3 is 5.97 Å². The zero-order chi connectivity index (χ0) is 11.6. The molecule has 0 unspecified atom stereocenters. The van der Waals surface area contributed by atoms with Crippen LogP contribution in [-0.2, 0) is 0 Å². The average molecular weight is 211 g/mol. The van der Waals surface area contributed by atoms with Gasteiger partial charge in [-0.05, 0) is 32.9 Å². The Hall–Kier alpha value is -1.58. The molecule has 15 heavy (non-hydrogen) atoms. The molecular formula is C11H14FNO2. The molecule has 0 heterocycles. The monoisotopic (exact) mass is 211 g/mol. The number of carboxylic acids is 1. The highest BCUT2D eigenvalue weighted by Gasteiger charge is 2.19. The van der Waals surface area contributed by atoms with Gasteiger partial charge in [0.1, 0.15) is 11.4 Å². The Morgan fingerprint density at radius 1 is 1.40 bits per heavy atom. The number of aromatic carboxylic acids is 1. The van der Waals surface area contributed by atoms with Crippen LogP contribution in [0.2, 0.25) is 0 Å². The summed E-state index contributed by atoms with van der Waals surface area (Å²) in [6.07, 6.45) is 0. The second kappa shape index (κ2) is 3.88. The van der Waals surface area contributed by atoms with Gasteiger partial charge in [0, 0.05) is 5.54 Å². The number of anilines is 1. The second-order valence-corrected chi connectivity index (χ2v) is 4.34. The normalized spacial score (nSPS) is 11.2. The van der Waals surface area contributed by atoms with Gasteiger partial charge in [-0.15, -0.1) is 0 Å². The Labute approximate surface area is 87.9 Å². The highest BCUT2D eigenvalue weighted by atomic mass is 19.1. The Bertz CT molecular complexity index is 383. The fourth-order valence-electron chi connectivity index (χ4n) is 1.25. The van der Waals surface area contributed by atoms with E-state index >= 15 is 0 Å². The minimum Gasteiger partial charge on any atom is -0.478 e. The van der Waals surface area contributed by atoms with E-state index in [0.29, 0.717) is 5.69 Å². The molecule has 0 aliphatic carbocycles. The molecule has 0 amide bonds. The van der Waals surface area contributed by atoms with E-state index in [9.17, 15) is 9.18 Å². The van der Waals surface area contributed by atoms with Crippen molar-refractivity contribution in [3.8, 4) is 0 Å². The van der Waals surface area contributed by atoms with Crippen LogP contribution in [0.15, 0.2) is 18.2 Å². The smallest absolute Gasteiger partial charge is 0.340 e. The summed E-state index contributed by atoms with van der Waals surface area (Å²) in [5.41, 5.74) is -0.319. The van der Waals surface area contributed by atoms with E-state index < -0.39 is 11.8 Å². The van der Waals surface area contributed by atoms with Crippen molar-refractivity contribution in [2.24, 2.45) is 0 Å². The molecule has 1 aromatic rings. The first-order valence-electron chi connectivity index (χ1n) is 4.61. The number of carboxylic acid groups (broad SMARTS) is 1. The van der Waals surface area contributed by atoms with Crippen molar-refractivity contribution < 1.29 is 14.3 Å². The van der Waals surface area contributed by atoms with Crippen LogP contribution in [0.1, 0.15) is 31.1 Å². The topological polar surface area (TPSA) is 49.3 Å². The summed E-state index contributed by atoms with van der Waals surface area (Å²) < 4.78 is 13.3. The van der Waals surface area contributed by atoms with Crippen LogP contribution in [0, 0.1) is 5.82 Å². The summed E-state index contributed by atoms with van der Waals surface area (Å²) in [6, 6.07) is 4.17. The van der Waals surface area contributed by atoms with E-state index in [1.165, 1.54) is 6.07 Å². The average Bonchev–Trinajstić information content (AvgIpc) is 1.99. The molecule has 0 spiro atoms. The highest BCUT2D eigenvalue weighted by molar-refractivity contribution is 5.94. The largest absolute Gasteiger partial charge is 0.478 e. The van der Waals surface area contributed by atoms with Crippen LogP contribution in [0.4, 0.5) is 10.1 Å². The van der Waals surface area contributed by atoms with Crippen molar-refractivity contribution in [3.63, 3.8) is 0 Å². The fourth-order valence-corrected chi connectivity index (χ4v) is 1.25. The lowest BCUT2D eigenvalue weighted by Gasteiger charge is -2.23. The zero-order valence-corrected chi connectivity index (χ0v) is 8.97. The SMILES string of the molecule is CC(C)(C)Nc1cccc(F)c1C(=O)O. The molecule has 1 aromatic carbocycles. The highest BCUT2D eigenvalue weighted by Crippen LogP contribution is 2.22. The van der Waals surface area contributed by atoms with Crippen molar-refractivity contribution in [2.75, 3.05) is 5.32 Å². The van der Waals surface area contributed by atoms with Crippen LogP contribution in [0.5, 0.6) is 0 Å². The lowest BCUT2D eigenvalue weighted by molar-refractivity contribution is 0.0693. The number of halogens is 1. The summed E-state index contributed by atoms with van der Waals surface area (Å²) in [7, 11) is 0. The molecule has 0 saturated heterocycles. The quantitative estimate of drug-likeness (QED) is 0.790. The van der Waals surface area contributed by atoms with E-state index in [-0.39, 0.29) is 11.1 Å². The third-order valence-corrected chi connectivity index (χ3v) is 1.74. The Balaban J connectivity index is 3.18. The van der Waals surface area contributed by atoms with Gasteiger partial charge in [-0.3, -0.25) is 0 Å². The number of hydrogen-bond acceptors (Lipinski definition) is 2. The van der Waals surface area contributed by atoms with Gasteiger partial charge in [-0.1, -0.05) is 6.07 Å². The Kier molecular flexibility index (Phi) is 2.98. The van der Waals surface area contributed by atoms with Gasteiger partial charge < -0.3 is 10.4 Å². The van der Waals surface area contributed by atoms with E-state index in [4.69, 9.17) is 5.11 Å². The predicted octanol–water partition coefficient (Wildman–Crippen LogP) is 2.73. The Morgan fingerprint density at radius 3 is 2.47 bits per heavy atom. The van der Waals surface area contributed by atoms with E-state index in [1.807, 2.05) is 20.8 Å². The van der Waals surface area contributed by atoms with Crippen LogP contribution in [0.25, 0.3) is 0 Å². The number of benzene rings is 1. The maximum atomic E-state index is 13.3. The molecule has 0 aromatic heterocycles. The lowest BCUT2D eigenvalue weighted by atomic mass is 10.1. The number of rotatable bonds is 2. The number of carbonyl (C=O) groups is 1. The molecule has 0 bridgehead atoms. The van der Waals surface area contributed by atoms with Gasteiger partial charge in [0.2, 0.25) is 0 Å².